The molecule has 0 bridgehead atoms. The number of aryl methyl sites for hydroxylation is 1. The zero-order valence-corrected chi connectivity index (χ0v) is 21.5. The SMILES string of the molecule is Cc1[nH]c(C=C2C(=O)Nc3ccc(S(C)(=O)=O)cc32)c(CCC(=O)O)c1S(=O)(=O)c1ccc(Cl)cc1. The number of hydrogen-bond acceptors (Lipinski definition) is 6. The van der Waals surface area contributed by atoms with Gasteiger partial charge in [0.05, 0.1) is 20.3 Å². The highest BCUT2D eigenvalue weighted by Gasteiger charge is 2.30. The lowest BCUT2D eigenvalue weighted by Crippen LogP contribution is -2.08. The fourth-order valence-electron chi connectivity index (χ4n) is 4.07. The number of nitrogens with one attached hydrogen (secondary N) is 2. The Morgan fingerprint density at radius 2 is 1.69 bits per heavy atom. The number of aromatic nitrogens is 1. The fraction of sp³-hybridized carbons (Fsp3) is 0.167. The van der Waals surface area contributed by atoms with Gasteiger partial charge < -0.3 is 15.4 Å². The molecule has 1 amide bonds. The second-order valence-corrected chi connectivity index (χ2v) is 12.7. The lowest BCUT2D eigenvalue weighted by molar-refractivity contribution is -0.137. The molecule has 0 unspecified atom stereocenters. The quantitative estimate of drug-likeness (QED) is 0.381. The van der Waals surface area contributed by atoms with Crippen LogP contribution in [0.5, 0.6) is 0 Å². The van der Waals surface area contributed by atoms with E-state index in [0.717, 1.165) is 6.26 Å². The molecule has 12 heteroatoms. The molecule has 3 N–H and O–H groups in total. The minimum Gasteiger partial charge on any atom is -0.481 e. The van der Waals surface area contributed by atoms with Gasteiger partial charge >= 0.3 is 5.97 Å². The number of carboxylic acids is 1. The van der Waals surface area contributed by atoms with Gasteiger partial charge in [-0.05, 0) is 67.4 Å². The van der Waals surface area contributed by atoms with Gasteiger partial charge in [0.1, 0.15) is 0 Å². The average Bonchev–Trinajstić information content (AvgIpc) is 3.27. The van der Waals surface area contributed by atoms with Gasteiger partial charge in [0.15, 0.2) is 9.84 Å². The predicted octanol–water partition coefficient (Wildman–Crippen LogP) is 3.72. The van der Waals surface area contributed by atoms with E-state index in [1.165, 1.54) is 48.5 Å². The Labute approximate surface area is 212 Å². The van der Waals surface area contributed by atoms with Gasteiger partial charge in [-0.25, -0.2) is 16.8 Å². The molecule has 2 heterocycles. The van der Waals surface area contributed by atoms with Gasteiger partial charge in [0.25, 0.3) is 5.91 Å². The van der Waals surface area contributed by atoms with Crippen LogP contribution in [-0.2, 0) is 35.7 Å². The van der Waals surface area contributed by atoms with Gasteiger partial charge in [0, 0.05) is 40.3 Å². The molecule has 0 aliphatic carbocycles. The van der Waals surface area contributed by atoms with E-state index in [0.29, 0.717) is 16.3 Å². The van der Waals surface area contributed by atoms with Crippen LogP contribution in [0.15, 0.2) is 57.2 Å². The second-order valence-electron chi connectivity index (χ2n) is 8.31. The summed E-state index contributed by atoms with van der Waals surface area (Å²) in [5.74, 6) is -1.63. The molecule has 1 aliphatic rings. The van der Waals surface area contributed by atoms with Crippen LogP contribution in [0.2, 0.25) is 5.02 Å². The monoisotopic (exact) mass is 548 g/mol. The summed E-state index contributed by atoms with van der Waals surface area (Å²) in [6.07, 6.45) is 1.99. The summed E-state index contributed by atoms with van der Waals surface area (Å²) in [7, 11) is -7.62. The number of anilines is 1. The molecule has 2 aromatic carbocycles. The molecular formula is C24H21ClN2O7S2. The van der Waals surface area contributed by atoms with Gasteiger partial charge in [-0.3, -0.25) is 9.59 Å². The highest BCUT2D eigenvalue weighted by atomic mass is 35.5. The molecule has 3 aromatic rings. The highest BCUT2D eigenvalue weighted by Crippen LogP contribution is 2.37. The number of amides is 1. The normalized spacial score (nSPS) is 14.6. The average molecular weight is 549 g/mol. The first-order valence-corrected chi connectivity index (χ1v) is 14.4. The number of carboxylic acid groups (broad SMARTS) is 1. The van der Waals surface area contributed by atoms with Crippen molar-refractivity contribution >= 4 is 60.5 Å². The molecule has 188 valence electrons. The summed E-state index contributed by atoms with van der Waals surface area (Å²) < 4.78 is 51.1. The van der Waals surface area contributed by atoms with E-state index in [1.807, 2.05) is 0 Å². The zero-order valence-electron chi connectivity index (χ0n) is 19.1. The number of hydrogen-bond donors (Lipinski definition) is 3. The summed E-state index contributed by atoms with van der Waals surface area (Å²) in [5.41, 5.74) is 1.57. The third-order valence-corrected chi connectivity index (χ3v) is 9.08. The highest BCUT2D eigenvalue weighted by molar-refractivity contribution is 7.91. The van der Waals surface area contributed by atoms with Crippen molar-refractivity contribution in [3.63, 3.8) is 0 Å². The fourth-order valence-corrected chi connectivity index (χ4v) is 6.56. The number of aliphatic carboxylic acids is 1. The van der Waals surface area contributed by atoms with Gasteiger partial charge in [-0.2, -0.15) is 0 Å². The molecule has 0 radical (unpaired) electrons. The maximum absolute atomic E-state index is 13.5. The van der Waals surface area contributed by atoms with E-state index < -0.39 is 31.6 Å². The van der Waals surface area contributed by atoms with E-state index in [2.05, 4.69) is 10.3 Å². The number of aromatic amines is 1. The first kappa shape index (κ1) is 25.7. The Hall–Kier alpha value is -3.41. The molecule has 0 saturated heterocycles. The third-order valence-electron chi connectivity index (χ3n) is 5.73. The summed E-state index contributed by atoms with van der Waals surface area (Å²) in [6, 6.07) is 9.82. The largest absolute Gasteiger partial charge is 0.481 e. The lowest BCUT2D eigenvalue weighted by atomic mass is 10.0. The van der Waals surface area contributed by atoms with Crippen LogP contribution in [0.4, 0.5) is 5.69 Å². The number of halogens is 1. The summed E-state index contributed by atoms with van der Waals surface area (Å²) >= 11 is 5.90. The molecule has 0 fully saturated rings. The van der Waals surface area contributed by atoms with Crippen LogP contribution in [0.3, 0.4) is 0 Å². The Morgan fingerprint density at radius 3 is 2.31 bits per heavy atom. The Morgan fingerprint density at radius 1 is 1.06 bits per heavy atom. The van der Waals surface area contributed by atoms with Crippen molar-refractivity contribution < 1.29 is 31.5 Å². The third kappa shape index (κ3) is 4.81. The minimum atomic E-state index is -4.07. The molecule has 4 rings (SSSR count). The Balaban J connectivity index is 1.91. The van der Waals surface area contributed by atoms with Crippen molar-refractivity contribution in [2.45, 2.75) is 34.5 Å². The first-order chi connectivity index (χ1) is 16.8. The lowest BCUT2D eigenvalue weighted by Gasteiger charge is -2.08. The molecule has 9 nitrogen and oxygen atoms in total. The summed E-state index contributed by atoms with van der Waals surface area (Å²) in [4.78, 5) is 27.0. The van der Waals surface area contributed by atoms with Crippen molar-refractivity contribution in [3.8, 4) is 0 Å². The maximum atomic E-state index is 13.5. The molecule has 1 aromatic heterocycles. The van der Waals surface area contributed by atoms with Crippen LogP contribution >= 0.6 is 11.6 Å². The smallest absolute Gasteiger partial charge is 0.303 e. The van der Waals surface area contributed by atoms with E-state index in [9.17, 15) is 31.5 Å². The Kier molecular flexibility index (Phi) is 6.58. The second kappa shape index (κ2) is 9.23. The van der Waals surface area contributed by atoms with Crippen LogP contribution < -0.4 is 5.32 Å². The number of carbonyl (C=O) groups is 2. The van der Waals surface area contributed by atoms with Crippen molar-refractivity contribution in [3.05, 3.63) is 70.0 Å². The standard InChI is InChI=1S/C24H21ClN2O7S2/c1-13-23(36(33,34)15-5-3-14(25)4-6-15)17(8-10-22(28)29)21(26-13)12-19-18-11-16(35(2,31)32)7-9-20(18)27-24(19)30/h3-7,9,11-12,26H,8,10H2,1-2H3,(H,27,30)(H,28,29). The van der Waals surface area contributed by atoms with E-state index >= 15 is 0 Å². The number of fused-ring (bicyclic) bond motifs is 1. The van der Waals surface area contributed by atoms with Gasteiger partial charge in [-0.15, -0.1) is 0 Å². The van der Waals surface area contributed by atoms with Crippen LogP contribution in [0.25, 0.3) is 11.6 Å². The van der Waals surface area contributed by atoms with Crippen molar-refractivity contribution in [1.29, 1.82) is 0 Å². The molecule has 0 spiro atoms. The van der Waals surface area contributed by atoms with E-state index in [4.69, 9.17) is 11.6 Å². The summed E-state index contributed by atoms with van der Waals surface area (Å²) in [6.45, 7) is 1.54. The molecule has 36 heavy (non-hydrogen) atoms. The maximum Gasteiger partial charge on any atom is 0.303 e. The van der Waals surface area contributed by atoms with Crippen molar-refractivity contribution in [1.82, 2.24) is 4.98 Å². The first-order valence-electron chi connectivity index (χ1n) is 10.6. The van der Waals surface area contributed by atoms with Gasteiger partial charge in [-0.1, -0.05) is 11.6 Å². The van der Waals surface area contributed by atoms with Gasteiger partial charge in [0.2, 0.25) is 9.84 Å². The van der Waals surface area contributed by atoms with E-state index in [-0.39, 0.29) is 50.1 Å². The van der Waals surface area contributed by atoms with Crippen molar-refractivity contribution in [2.75, 3.05) is 11.6 Å². The summed E-state index contributed by atoms with van der Waals surface area (Å²) in [5, 5.41) is 12.3. The van der Waals surface area contributed by atoms with E-state index in [1.54, 1.807) is 6.92 Å². The number of H-pyrrole nitrogens is 1. The van der Waals surface area contributed by atoms with Crippen LogP contribution in [-0.4, -0.2) is 45.1 Å². The molecular weight excluding hydrogens is 528 g/mol. The van der Waals surface area contributed by atoms with Crippen LogP contribution in [0, 0.1) is 6.92 Å². The number of carbonyl (C=O) groups excluding carboxylic acids is 1. The van der Waals surface area contributed by atoms with Crippen molar-refractivity contribution in [2.24, 2.45) is 0 Å². The molecule has 0 saturated carbocycles. The minimum absolute atomic E-state index is 0.0171. The topological polar surface area (TPSA) is 150 Å². The molecule has 0 atom stereocenters. The number of sulfone groups is 2. The number of rotatable bonds is 7. The predicted molar refractivity (Wildman–Crippen MR) is 134 cm³/mol. The zero-order chi connectivity index (χ0) is 26.4. The van der Waals surface area contributed by atoms with Crippen LogP contribution in [0.1, 0.15) is 28.9 Å². The Bertz CT molecular complexity index is 1650. The number of benzene rings is 2. The molecule has 1 aliphatic heterocycles.